The number of benzene rings is 3. The Balaban J connectivity index is 1.38. The summed E-state index contributed by atoms with van der Waals surface area (Å²) in [6.07, 6.45) is 3.40. The lowest BCUT2D eigenvalue weighted by atomic mass is 10.1. The molecule has 0 unspecified atom stereocenters. The lowest BCUT2D eigenvalue weighted by Crippen LogP contribution is -2.29. The first kappa shape index (κ1) is 26.3. The van der Waals surface area contributed by atoms with Gasteiger partial charge in [0.1, 0.15) is 17.3 Å². The fourth-order valence-corrected chi connectivity index (χ4v) is 5.00. The minimum atomic E-state index is -3.87. The van der Waals surface area contributed by atoms with E-state index >= 15 is 0 Å². The van der Waals surface area contributed by atoms with Crippen LogP contribution in [0.2, 0.25) is 5.02 Å². The molecule has 0 radical (unpaired) electrons. The Morgan fingerprint density at radius 2 is 1.79 bits per heavy atom. The molecule has 0 bridgehead atoms. The van der Waals surface area contributed by atoms with Gasteiger partial charge in [-0.15, -0.1) is 0 Å². The summed E-state index contributed by atoms with van der Waals surface area (Å²) in [7, 11) is -3.87. The molecular formula is C27H22ClFN6O3S. The van der Waals surface area contributed by atoms with Crippen LogP contribution in [0.15, 0.2) is 96.2 Å². The third-order valence-electron chi connectivity index (χ3n) is 5.69. The number of para-hydroxylation sites is 1. The van der Waals surface area contributed by atoms with Crippen LogP contribution in [0.3, 0.4) is 0 Å². The number of sulfonamides is 1. The summed E-state index contributed by atoms with van der Waals surface area (Å²) in [4.78, 5) is 8.66. The van der Waals surface area contributed by atoms with Crippen molar-refractivity contribution in [2.24, 2.45) is 0 Å². The molecule has 0 aliphatic rings. The first-order valence-electron chi connectivity index (χ1n) is 11.8. The number of rotatable bonds is 9. The molecule has 12 heteroatoms. The van der Waals surface area contributed by atoms with Gasteiger partial charge >= 0.3 is 0 Å². The number of phenolic OH excluding ortho intramolecular Hbond substituents is 1. The molecule has 3 aromatic carbocycles. The summed E-state index contributed by atoms with van der Waals surface area (Å²) < 4.78 is 42.3. The number of phenols is 1. The molecule has 0 spiro atoms. The van der Waals surface area contributed by atoms with Gasteiger partial charge in [0.2, 0.25) is 16.0 Å². The molecule has 39 heavy (non-hydrogen) atoms. The second kappa shape index (κ2) is 11.2. The van der Waals surface area contributed by atoms with Crippen molar-refractivity contribution in [3.63, 3.8) is 0 Å². The largest absolute Gasteiger partial charge is 0.506 e. The van der Waals surface area contributed by atoms with Gasteiger partial charge in [-0.25, -0.2) is 32.2 Å². The van der Waals surface area contributed by atoms with E-state index in [2.05, 4.69) is 20.0 Å². The number of anilines is 1. The third kappa shape index (κ3) is 6.06. The topological polar surface area (TPSA) is 122 Å². The number of hydrogen-bond acceptors (Lipinski definition) is 7. The van der Waals surface area contributed by atoms with Crippen molar-refractivity contribution in [2.75, 3.05) is 18.4 Å². The van der Waals surface area contributed by atoms with Crippen molar-refractivity contribution >= 4 is 27.6 Å². The fraction of sp³-hybridized carbons (Fsp3) is 0.0741. The number of nitrogens with zero attached hydrogens (tertiary/aromatic N) is 4. The lowest BCUT2D eigenvalue weighted by Gasteiger charge is -2.09. The number of halogens is 2. The van der Waals surface area contributed by atoms with E-state index in [9.17, 15) is 17.9 Å². The van der Waals surface area contributed by atoms with Gasteiger partial charge in [0.05, 0.1) is 21.3 Å². The Kier molecular flexibility index (Phi) is 7.55. The Labute approximate surface area is 229 Å². The molecule has 0 aliphatic heterocycles. The molecule has 0 saturated carbocycles. The molecular weight excluding hydrogens is 543 g/mol. The van der Waals surface area contributed by atoms with Crippen LogP contribution in [-0.2, 0) is 10.0 Å². The van der Waals surface area contributed by atoms with Crippen LogP contribution in [-0.4, -0.2) is 46.4 Å². The van der Waals surface area contributed by atoms with Gasteiger partial charge in [0, 0.05) is 36.6 Å². The summed E-state index contributed by atoms with van der Waals surface area (Å²) in [5.41, 5.74) is 3.28. The summed E-state index contributed by atoms with van der Waals surface area (Å²) in [6, 6.07) is 20.9. The first-order valence-corrected chi connectivity index (χ1v) is 13.6. The Morgan fingerprint density at radius 3 is 2.56 bits per heavy atom. The van der Waals surface area contributed by atoms with Crippen LogP contribution < -0.4 is 10.0 Å². The van der Waals surface area contributed by atoms with Gasteiger partial charge in [-0.2, -0.15) is 5.10 Å². The summed E-state index contributed by atoms with van der Waals surface area (Å²) >= 11 is 6.01. The lowest BCUT2D eigenvalue weighted by molar-refractivity contribution is 0.476. The summed E-state index contributed by atoms with van der Waals surface area (Å²) in [5, 5.41) is 18.2. The predicted molar refractivity (Wildman–Crippen MR) is 147 cm³/mol. The van der Waals surface area contributed by atoms with Crippen LogP contribution in [0.5, 0.6) is 5.75 Å². The molecule has 2 heterocycles. The zero-order chi connectivity index (χ0) is 27.4. The fourth-order valence-electron chi connectivity index (χ4n) is 3.82. The van der Waals surface area contributed by atoms with Gasteiger partial charge in [0.25, 0.3) is 0 Å². The molecule has 0 amide bonds. The van der Waals surface area contributed by atoms with Gasteiger partial charge in [-0.3, -0.25) is 0 Å². The summed E-state index contributed by atoms with van der Waals surface area (Å²) in [5.74, 6) is -0.431. The second-order valence-corrected chi connectivity index (χ2v) is 10.6. The molecule has 198 valence electrons. The normalized spacial score (nSPS) is 11.4. The highest BCUT2D eigenvalue weighted by Crippen LogP contribution is 2.35. The van der Waals surface area contributed by atoms with Gasteiger partial charge < -0.3 is 10.4 Å². The van der Waals surface area contributed by atoms with E-state index in [0.29, 0.717) is 22.5 Å². The monoisotopic (exact) mass is 564 g/mol. The molecule has 5 rings (SSSR count). The van der Waals surface area contributed by atoms with E-state index < -0.39 is 15.8 Å². The Bertz CT molecular complexity index is 1730. The maximum absolute atomic E-state index is 13.4. The van der Waals surface area contributed by atoms with E-state index in [-0.39, 0.29) is 34.7 Å². The predicted octanol–water partition coefficient (Wildman–Crippen LogP) is 4.88. The zero-order valence-corrected chi connectivity index (χ0v) is 21.9. The van der Waals surface area contributed by atoms with E-state index in [4.69, 9.17) is 16.7 Å². The minimum Gasteiger partial charge on any atom is -0.506 e. The first-order chi connectivity index (χ1) is 18.8. The van der Waals surface area contributed by atoms with Crippen molar-refractivity contribution in [1.82, 2.24) is 24.5 Å². The standard InChI is InChI=1S/C27H22ClFN6O3S/c28-23-10-9-18(15-25(23)36)26-22(17-35(34-26)20-6-2-1-3-7-20)24-11-12-30-27(33-24)31-13-14-32-39(37,38)21-8-4-5-19(29)16-21/h1-12,15-17,32,36H,13-14H2,(H,30,31,33). The van der Waals surface area contributed by atoms with Crippen molar-refractivity contribution in [3.8, 4) is 34.0 Å². The number of nitrogens with one attached hydrogen (secondary N) is 2. The molecule has 0 saturated heterocycles. The molecule has 2 aromatic heterocycles. The quantitative estimate of drug-likeness (QED) is 0.218. The molecule has 5 aromatic rings. The van der Waals surface area contributed by atoms with E-state index in [1.165, 1.54) is 24.3 Å². The van der Waals surface area contributed by atoms with Gasteiger partial charge in [-0.05, 0) is 48.5 Å². The average Bonchev–Trinajstić information content (AvgIpc) is 3.39. The average molecular weight is 565 g/mol. The molecule has 3 N–H and O–H groups in total. The van der Waals surface area contributed by atoms with Crippen LogP contribution >= 0.6 is 11.6 Å². The van der Waals surface area contributed by atoms with Gasteiger partial charge in [-0.1, -0.05) is 41.9 Å². The van der Waals surface area contributed by atoms with Crippen molar-refractivity contribution in [1.29, 1.82) is 0 Å². The highest BCUT2D eigenvalue weighted by molar-refractivity contribution is 7.89. The molecule has 0 fully saturated rings. The van der Waals surface area contributed by atoms with Crippen LogP contribution in [0, 0.1) is 5.82 Å². The van der Waals surface area contributed by atoms with E-state index in [0.717, 1.165) is 11.8 Å². The van der Waals surface area contributed by atoms with Crippen molar-refractivity contribution in [3.05, 3.63) is 102 Å². The Hall–Kier alpha value is -4.32. The minimum absolute atomic E-state index is 0.0215. The van der Waals surface area contributed by atoms with Crippen molar-refractivity contribution < 1.29 is 17.9 Å². The molecule has 9 nitrogen and oxygen atoms in total. The highest BCUT2D eigenvalue weighted by atomic mass is 35.5. The highest BCUT2D eigenvalue weighted by Gasteiger charge is 2.18. The van der Waals surface area contributed by atoms with E-state index in [1.807, 2.05) is 36.5 Å². The smallest absolute Gasteiger partial charge is 0.240 e. The maximum Gasteiger partial charge on any atom is 0.240 e. The van der Waals surface area contributed by atoms with Crippen LogP contribution in [0.25, 0.3) is 28.2 Å². The molecule has 0 aliphatic carbocycles. The SMILES string of the molecule is O=S(=O)(NCCNc1nccc(-c2cn(-c3ccccc3)nc2-c2ccc(Cl)c(O)c2)n1)c1cccc(F)c1. The number of aromatic nitrogens is 4. The maximum atomic E-state index is 13.4. The second-order valence-electron chi connectivity index (χ2n) is 8.39. The van der Waals surface area contributed by atoms with Crippen LogP contribution in [0.1, 0.15) is 0 Å². The van der Waals surface area contributed by atoms with Gasteiger partial charge in [0.15, 0.2) is 0 Å². The van der Waals surface area contributed by atoms with E-state index in [1.54, 1.807) is 29.1 Å². The summed E-state index contributed by atoms with van der Waals surface area (Å²) in [6.45, 7) is 0.201. The molecule has 0 atom stereocenters. The number of hydrogen-bond donors (Lipinski definition) is 3. The van der Waals surface area contributed by atoms with Crippen molar-refractivity contribution in [2.45, 2.75) is 4.90 Å². The van der Waals surface area contributed by atoms with Crippen LogP contribution in [0.4, 0.5) is 10.3 Å². The third-order valence-corrected chi connectivity index (χ3v) is 7.47. The number of aromatic hydroxyl groups is 1. The Morgan fingerprint density at radius 1 is 0.974 bits per heavy atom. The zero-order valence-electron chi connectivity index (χ0n) is 20.3.